The van der Waals surface area contributed by atoms with E-state index in [1.165, 1.54) is 12.8 Å². The van der Waals surface area contributed by atoms with Crippen molar-refractivity contribution in [1.29, 1.82) is 0 Å². The van der Waals surface area contributed by atoms with Crippen LogP contribution in [0.3, 0.4) is 0 Å². The molecule has 1 fully saturated rings. The van der Waals surface area contributed by atoms with Crippen LogP contribution in [0.25, 0.3) is 0 Å². The third-order valence-electron chi connectivity index (χ3n) is 3.30. The second kappa shape index (κ2) is 8.17. The Kier molecular flexibility index (Phi) is 7.26. The lowest BCUT2D eigenvalue weighted by atomic mass is 9.98. The highest BCUT2D eigenvalue weighted by molar-refractivity contribution is 8.03. The average Bonchev–Trinajstić information content (AvgIpc) is 2.81. The monoisotopic (exact) mass is 294 g/mol. The van der Waals surface area contributed by atoms with Crippen LogP contribution in [0, 0.1) is 5.92 Å². The molecule has 1 aliphatic rings. The molecule has 0 spiro atoms. The summed E-state index contributed by atoms with van der Waals surface area (Å²) in [5, 5.41) is 0. The van der Waals surface area contributed by atoms with Crippen molar-refractivity contribution in [1.82, 2.24) is 0 Å². The molecule has 0 atom stereocenters. The van der Waals surface area contributed by atoms with Crippen molar-refractivity contribution in [3.8, 4) is 0 Å². The van der Waals surface area contributed by atoms with Gasteiger partial charge in [0.05, 0.1) is 5.75 Å². The van der Waals surface area contributed by atoms with Gasteiger partial charge in [-0.25, -0.2) is 0 Å². The summed E-state index contributed by atoms with van der Waals surface area (Å²) in [5.41, 5.74) is 0. The maximum atomic E-state index is 11.8. The van der Waals surface area contributed by atoms with Gasteiger partial charge in [0.2, 0.25) is 0 Å². The van der Waals surface area contributed by atoms with Crippen molar-refractivity contribution in [3.63, 3.8) is 0 Å². The molecule has 106 valence electrons. The summed E-state index contributed by atoms with van der Waals surface area (Å²) in [5.74, 6) is 0.704. The zero-order valence-electron chi connectivity index (χ0n) is 10.9. The molecule has 0 aromatic rings. The summed E-state index contributed by atoms with van der Waals surface area (Å²) in [7, 11) is -3.37. The van der Waals surface area contributed by atoms with Crippen molar-refractivity contribution in [3.05, 3.63) is 0 Å². The van der Waals surface area contributed by atoms with Crippen LogP contribution in [0.1, 0.15) is 51.4 Å². The van der Waals surface area contributed by atoms with E-state index in [2.05, 4.69) is 3.63 Å². The number of carbonyl (C=O) groups is 1. The molecule has 0 aromatic carbocycles. The topological polar surface area (TPSA) is 60.4 Å². The third-order valence-corrected chi connectivity index (χ3v) is 5.46. The first-order chi connectivity index (χ1) is 8.55. The Morgan fingerprint density at radius 2 is 1.89 bits per heavy atom. The molecule has 0 aliphatic heterocycles. The van der Waals surface area contributed by atoms with Crippen LogP contribution in [0.15, 0.2) is 0 Å². The Labute approximate surface area is 114 Å². The van der Waals surface area contributed by atoms with Gasteiger partial charge in [0.1, 0.15) is 5.78 Å². The van der Waals surface area contributed by atoms with Crippen LogP contribution in [0.2, 0.25) is 0 Å². The zero-order valence-corrected chi connectivity index (χ0v) is 12.5. The summed E-state index contributed by atoms with van der Waals surface area (Å²) in [6.45, 7) is 0. The van der Waals surface area contributed by atoms with Gasteiger partial charge in [-0.05, 0) is 25.7 Å². The minimum Gasteiger partial charge on any atom is -0.299 e. The van der Waals surface area contributed by atoms with Gasteiger partial charge < -0.3 is 0 Å². The van der Waals surface area contributed by atoms with Gasteiger partial charge in [-0.1, -0.05) is 19.3 Å². The lowest BCUT2D eigenvalue weighted by Crippen LogP contribution is -2.10. The smallest absolute Gasteiger partial charge is 0.278 e. The Morgan fingerprint density at radius 1 is 1.22 bits per heavy atom. The summed E-state index contributed by atoms with van der Waals surface area (Å²) >= 11 is 0.852. The van der Waals surface area contributed by atoms with E-state index in [1.54, 1.807) is 6.26 Å². The quantitative estimate of drug-likeness (QED) is 0.483. The van der Waals surface area contributed by atoms with E-state index in [9.17, 15) is 13.2 Å². The summed E-state index contributed by atoms with van der Waals surface area (Å²) in [4.78, 5) is 11.8. The molecule has 0 N–H and O–H groups in total. The van der Waals surface area contributed by atoms with Crippen molar-refractivity contribution in [2.75, 3.05) is 12.0 Å². The normalized spacial score (nSPS) is 17.2. The molecule has 6 heteroatoms. The van der Waals surface area contributed by atoms with Crippen LogP contribution in [0.4, 0.5) is 0 Å². The number of rotatable bonds is 9. The van der Waals surface area contributed by atoms with Gasteiger partial charge in [-0.2, -0.15) is 12.0 Å². The van der Waals surface area contributed by atoms with Crippen molar-refractivity contribution in [2.45, 2.75) is 51.4 Å². The molecule has 0 heterocycles. The molecule has 0 amide bonds. The van der Waals surface area contributed by atoms with Crippen LogP contribution in [-0.2, 0) is 18.5 Å². The molecule has 1 aliphatic carbocycles. The second-order valence-corrected chi connectivity index (χ2v) is 7.16. The van der Waals surface area contributed by atoms with Crippen molar-refractivity contribution in [2.24, 2.45) is 5.92 Å². The molecule has 1 rings (SSSR count). The highest BCUT2D eigenvalue weighted by atomic mass is 32.3. The number of unbranched alkanes of at least 4 members (excludes halogenated alkanes) is 2. The lowest BCUT2D eigenvalue weighted by molar-refractivity contribution is -0.122. The van der Waals surface area contributed by atoms with Gasteiger partial charge >= 0.3 is 0 Å². The van der Waals surface area contributed by atoms with E-state index in [0.29, 0.717) is 18.6 Å². The van der Waals surface area contributed by atoms with Gasteiger partial charge in [-0.15, -0.1) is 0 Å². The summed E-state index contributed by atoms with van der Waals surface area (Å²) < 4.78 is 27.0. The molecule has 0 unspecified atom stereocenters. The fourth-order valence-electron chi connectivity index (χ4n) is 2.34. The fraction of sp³-hybridized carbons (Fsp3) is 0.917. The first-order valence-electron chi connectivity index (χ1n) is 6.53. The summed E-state index contributed by atoms with van der Waals surface area (Å²) in [6.07, 6.45) is 8.79. The molecular weight excluding hydrogens is 272 g/mol. The number of carbonyl (C=O) groups excluding carboxylic acids is 1. The minimum absolute atomic E-state index is 0.0471. The molecular formula is C12H22O4S2. The molecule has 0 aromatic heterocycles. The van der Waals surface area contributed by atoms with E-state index in [4.69, 9.17) is 0 Å². The molecule has 18 heavy (non-hydrogen) atoms. The molecule has 4 nitrogen and oxygen atoms in total. The first kappa shape index (κ1) is 16.0. The predicted octanol–water partition coefficient (Wildman–Crippen LogP) is 2.93. The standard InChI is InChI=1S/C12H22O4S2/c1-17-16-18(14,15)10-6-2-3-9-12(13)11-7-4-5-8-11/h11H,2-10H2,1H3. The van der Waals surface area contributed by atoms with E-state index in [-0.39, 0.29) is 11.7 Å². The minimum atomic E-state index is -3.37. The number of hydrogen-bond donors (Lipinski definition) is 0. The van der Waals surface area contributed by atoms with Gasteiger partial charge in [0, 0.05) is 30.6 Å². The first-order valence-corrected chi connectivity index (χ1v) is 9.25. The average molecular weight is 294 g/mol. The molecule has 1 saturated carbocycles. The molecule has 0 radical (unpaired) electrons. The molecule has 0 bridgehead atoms. The van der Waals surface area contributed by atoms with Crippen LogP contribution < -0.4 is 0 Å². The molecule has 0 saturated heterocycles. The predicted molar refractivity (Wildman–Crippen MR) is 73.8 cm³/mol. The Hall–Kier alpha value is -0.0700. The number of Topliss-reactive ketones (excluding diaryl/α,β-unsaturated/α-hetero) is 1. The van der Waals surface area contributed by atoms with Gasteiger partial charge in [0.15, 0.2) is 0 Å². The van der Waals surface area contributed by atoms with E-state index < -0.39 is 10.1 Å². The zero-order chi connectivity index (χ0) is 13.4. The van der Waals surface area contributed by atoms with Crippen molar-refractivity contribution >= 4 is 27.9 Å². The second-order valence-electron chi connectivity index (χ2n) is 4.75. The maximum absolute atomic E-state index is 11.8. The highest BCUT2D eigenvalue weighted by Gasteiger charge is 2.21. The Morgan fingerprint density at radius 3 is 2.50 bits per heavy atom. The number of hydrogen-bond acceptors (Lipinski definition) is 5. The van der Waals surface area contributed by atoms with E-state index >= 15 is 0 Å². The van der Waals surface area contributed by atoms with Crippen molar-refractivity contribution < 1.29 is 16.8 Å². The Balaban J connectivity index is 2.06. The van der Waals surface area contributed by atoms with Crippen LogP contribution >= 0.6 is 12.0 Å². The maximum Gasteiger partial charge on any atom is 0.278 e. The fourth-order valence-corrected chi connectivity index (χ4v) is 4.00. The summed E-state index contributed by atoms with van der Waals surface area (Å²) in [6, 6.07) is 0. The van der Waals surface area contributed by atoms with E-state index in [1.807, 2.05) is 0 Å². The van der Waals surface area contributed by atoms with E-state index in [0.717, 1.165) is 37.7 Å². The lowest BCUT2D eigenvalue weighted by Gasteiger charge is -2.07. The van der Waals surface area contributed by atoms with Gasteiger partial charge in [-0.3, -0.25) is 4.79 Å². The van der Waals surface area contributed by atoms with Crippen LogP contribution in [-0.4, -0.2) is 26.2 Å². The SMILES string of the molecule is CSOS(=O)(=O)CCCCCC(=O)C1CCCC1. The van der Waals surface area contributed by atoms with Gasteiger partial charge in [0.25, 0.3) is 10.1 Å². The largest absolute Gasteiger partial charge is 0.299 e. The highest BCUT2D eigenvalue weighted by Crippen LogP contribution is 2.27. The Bertz CT molecular complexity index is 345. The number of ketones is 1. The third kappa shape index (κ3) is 6.20. The van der Waals surface area contributed by atoms with Crippen LogP contribution in [0.5, 0.6) is 0 Å².